The monoisotopic (exact) mass is 331 g/mol. The van der Waals surface area contributed by atoms with Crippen LogP contribution in [0.5, 0.6) is 0 Å². The lowest BCUT2D eigenvalue weighted by Gasteiger charge is -2.15. The first-order chi connectivity index (χ1) is 8.68. The second kappa shape index (κ2) is 6.90. The first-order valence-electron chi connectivity index (χ1n) is 6.49. The minimum atomic E-state index is 0.0106. The lowest BCUT2D eigenvalue weighted by atomic mass is 10.00. The molecule has 1 aliphatic heterocycles. The molecule has 18 heavy (non-hydrogen) atoms. The van der Waals surface area contributed by atoms with Crippen LogP contribution in [0.1, 0.15) is 43.7 Å². The highest BCUT2D eigenvalue weighted by Crippen LogP contribution is 2.31. The van der Waals surface area contributed by atoms with Crippen molar-refractivity contribution in [3.63, 3.8) is 0 Å². The van der Waals surface area contributed by atoms with Gasteiger partial charge in [0, 0.05) is 17.1 Å². The van der Waals surface area contributed by atoms with Gasteiger partial charge in [0.1, 0.15) is 0 Å². The highest BCUT2D eigenvalue weighted by Gasteiger charge is 2.17. The molecule has 0 aliphatic carbocycles. The SMILES string of the molecule is NC(CCCC1CCCO1)c1cccc(Br)c1Cl. The third-order valence-electron chi connectivity index (χ3n) is 3.45. The Morgan fingerprint density at radius 2 is 2.33 bits per heavy atom. The smallest absolute Gasteiger partial charge is 0.0595 e. The van der Waals surface area contributed by atoms with E-state index in [0.717, 1.165) is 40.9 Å². The van der Waals surface area contributed by atoms with Crippen LogP contribution in [0.25, 0.3) is 0 Å². The van der Waals surface area contributed by atoms with E-state index in [1.807, 2.05) is 18.2 Å². The highest BCUT2D eigenvalue weighted by atomic mass is 79.9. The van der Waals surface area contributed by atoms with Gasteiger partial charge in [-0.05, 0) is 59.7 Å². The predicted molar refractivity (Wildman–Crippen MR) is 78.9 cm³/mol. The largest absolute Gasteiger partial charge is 0.378 e. The van der Waals surface area contributed by atoms with Gasteiger partial charge in [-0.25, -0.2) is 0 Å². The van der Waals surface area contributed by atoms with Gasteiger partial charge in [0.25, 0.3) is 0 Å². The highest BCUT2D eigenvalue weighted by molar-refractivity contribution is 9.10. The van der Waals surface area contributed by atoms with Gasteiger partial charge in [-0.1, -0.05) is 23.7 Å². The molecule has 1 saturated heterocycles. The van der Waals surface area contributed by atoms with Crippen molar-refractivity contribution in [2.75, 3.05) is 6.61 Å². The average Bonchev–Trinajstić information content (AvgIpc) is 2.85. The van der Waals surface area contributed by atoms with Gasteiger partial charge < -0.3 is 10.5 Å². The Hall–Kier alpha value is -0.0900. The zero-order valence-electron chi connectivity index (χ0n) is 10.4. The minimum Gasteiger partial charge on any atom is -0.378 e. The molecule has 2 atom stereocenters. The predicted octanol–water partition coefficient (Wildman–Crippen LogP) is 4.45. The number of ether oxygens (including phenoxy) is 1. The second-order valence-electron chi connectivity index (χ2n) is 4.82. The summed E-state index contributed by atoms with van der Waals surface area (Å²) in [6.45, 7) is 0.925. The van der Waals surface area contributed by atoms with Crippen molar-refractivity contribution in [1.29, 1.82) is 0 Å². The fraction of sp³-hybridized carbons (Fsp3) is 0.571. The maximum Gasteiger partial charge on any atom is 0.0595 e. The molecular weight excluding hydrogens is 314 g/mol. The minimum absolute atomic E-state index is 0.0106. The molecule has 0 saturated carbocycles. The Balaban J connectivity index is 1.83. The summed E-state index contributed by atoms with van der Waals surface area (Å²) >= 11 is 9.67. The molecule has 0 spiro atoms. The number of nitrogens with two attached hydrogens (primary N) is 1. The Morgan fingerprint density at radius 3 is 3.06 bits per heavy atom. The van der Waals surface area contributed by atoms with E-state index in [9.17, 15) is 0 Å². The zero-order valence-corrected chi connectivity index (χ0v) is 12.7. The van der Waals surface area contributed by atoms with Crippen LogP contribution in [-0.2, 0) is 4.74 Å². The van der Waals surface area contributed by atoms with Gasteiger partial charge in [0.05, 0.1) is 11.1 Å². The molecule has 0 amide bonds. The van der Waals surface area contributed by atoms with E-state index < -0.39 is 0 Å². The zero-order chi connectivity index (χ0) is 13.0. The average molecular weight is 333 g/mol. The fourth-order valence-corrected chi connectivity index (χ4v) is 3.05. The number of hydrogen-bond acceptors (Lipinski definition) is 2. The van der Waals surface area contributed by atoms with Gasteiger partial charge in [0.15, 0.2) is 0 Å². The molecule has 1 fully saturated rings. The topological polar surface area (TPSA) is 35.2 Å². The molecule has 4 heteroatoms. The van der Waals surface area contributed by atoms with E-state index in [-0.39, 0.29) is 6.04 Å². The summed E-state index contributed by atoms with van der Waals surface area (Å²) in [4.78, 5) is 0. The molecule has 2 unspecified atom stereocenters. The summed E-state index contributed by atoms with van der Waals surface area (Å²) in [7, 11) is 0. The fourth-order valence-electron chi connectivity index (χ4n) is 2.40. The molecule has 0 radical (unpaired) electrons. The maximum absolute atomic E-state index is 6.24. The van der Waals surface area contributed by atoms with Crippen LogP contribution in [0.2, 0.25) is 5.02 Å². The second-order valence-corrected chi connectivity index (χ2v) is 6.05. The first-order valence-corrected chi connectivity index (χ1v) is 7.66. The van der Waals surface area contributed by atoms with E-state index in [1.54, 1.807) is 0 Å². The van der Waals surface area contributed by atoms with E-state index in [2.05, 4.69) is 15.9 Å². The molecule has 1 heterocycles. The van der Waals surface area contributed by atoms with Crippen molar-refractivity contribution in [3.8, 4) is 0 Å². The van der Waals surface area contributed by atoms with Gasteiger partial charge in [-0.3, -0.25) is 0 Å². The first kappa shape index (κ1) is 14.3. The molecule has 2 N–H and O–H groups in total. The summed E-state index contributed by atoms with van der Waals surface area (Å²) in [5.41, 5.74) is 7.23. The van der Waals surface area contributed by atoms with E-state index in [1.165, 1.54) is 12.8 Å². The standard InChI is InChI=1S/C14H19BrClNO/c15-12-7-2-6-11(14(12)16)13(17)8-1-4-10-5-3-9-18-10/h2,6-7,10,13H,1,3-5,8-9,17H2. The van der Waals surface area contributed by atoms with Crippen molar-refractivity contribution < 1.29 is 4.74 Å². The summed E-state index contributed by atoms with van der Waals surface area (Å²) in [6.07, 6.45) is 6.01. The van der Waals surface area contributed by atoms with Gasteiger partial charge in [0.2, 0.25) is 0 Å². The van der Waals surface area contributed by atoms with Gasteiger partial charge in [-0.2, -0.15) is 0 Å². The number of halogens is 2. The molecule has 0 aromatic heterocycles. The van der Waals surface area contributed by atoms with Crippen LogP contribution in [0, 0.1) is 0 Å². The van der Waals surface area contributed by atoms with Crippen LogP contribution in [0.4, 0.5) is 0 Å². The van der Waals surface area contributed by atoms with Crippen molar-refractivity contribution in [2.24, 2.45) is 5.73 Å². The maximum atomic E-state index is 6.24. The molecule has 2 nitrogen and oxygen atoms in total. The Bertz CT molecular complexity index is 393. The van der Waals surface area contributed by atoms with Gasteiger partial charge >= 0.3 is 0 Å². The Kier molecular flexibility index (Phi) is 5.49. The van der Waals surface area contributed by atoms with Crippen LogP contribution in [-0.4, -0.2) is 12.7 Å². The van der Waals surface area contributed by atoms with E-state index in [0.29, 0.717) is 6.10 Å². The van der Waals surface area contributed by atoms with Crippen molar-refractivity contribution in [2.45, 2.75) is 44.2 Å². The van der Waals surface area contributed by atoms with Crippen molar-refractivity contribution in [1.82, 2.24) is 0 Å². The lowest BCUT2D eigenvalue weighted by molar-refractivity contribution is 0.101. The molecular formula is C14H19BrClNO. The van der Waals surface area contributed by atoms with Crippen LogP contribution >= 0.6 is 27.5 Å². The third kappa shape index (κ3) is 3.70. The molecule has 1 aromatic carbocycles. The summed E-state index contributed by atoms with van der Waals surface area (Å²) in [6, 6.07) is 5.93. The van der Waals surface area contributed by atoms with Crippen LogP contribution in [0.15, 0.2) is 22.7 Å². The Morgan fingerprint density at radius 1 is 1.50 bits per heavy atom. The normalized spacial score (nSPS) is 21.2. The van der Waals surface area contributed by atoms with E-state index >= 15 is 0 Å². The number of rotatable bonds is 5. The molecule has 2 rings (SSSR count). The molecule has 1 aliphatic rings. The van der Waals surface area contributed by atoms with Gasteiger partial charge in [-0.15, -0.1) is 0 Å². The quantitative estimate of drug-likeness (QED) is 0.864. The molecule has 1 aromatic rings. The molecule has 100 valence electrons. The number of benzene rings is 1. The van der Waals surface area contributed by atoms with Crippen LogP contribution < -0.4 is 5.73 Å². The van der Waals surface area contributed by atoms with Crippen LogP contribution in [0.3, 0.4) is 0 Å². The van der Waals surface area contributed by atoms with Crippen molar-refractivity contribution >= 4 is 27.5 Å². The number of hydrogen-bond donors (Lipinski definition) is 1. The lowest BCUT2D eigenvalue weighted by Crippen LogP contribution is -2.12. The molecule has 0 bridgehead atoms. The Labute approximate surface area is 122 Å². The van der Waals surface area contributed by atoms with E-state index in [4.69, 9.17) is 22.1 Å². The summed E-state index contributed by atoms with van der Waals surface area (Å²) in [5, 5.41) is 0.738. The summed E-state index contributed by atoms with van der Waals surface area (Å²) < 4.78 is 6.52. The third-order valence-corrected chi connectivity index (χ3v) is 4.76. The summed E-state index contributed by atoms with van der Waals surface area (Å²) in [5.74, 6) is 0. The van der Waals surface area contributed by atoms with Crippen molar-refractivity contribution in [3.05, 3.63) is 33.3 Å².